The highest BCUT2D eigenvalue weighted by Crippen LogP contribution is 2.52. The summed E-state index contributed by atoms with van der Waals surface area (Å²) in [7, 11) is 0. The largest absolute Gasteiger partial charge is 0.249 e. The average molecular weight is 273 g/mol. The lowest BCUT2D eigenvalue weighted by Gasteiger charge is -2.12. The standard InChI is InChI=1S/C13H9BrN2/c14-9-6-7-5-8(9)13-12(7)15-10-3-1-2-4-11(10)16-13/h1-4,6-8H,5H2/t7-,8+/m0/s1. The molecular formula is C13H9BrN2. The molecule has 0 amide bonds. The maximum absolute atomic E-state index is 4.76. The van der Waals surface area contributed by atoms with Gasteiger partial charge in [-0.25, -0.2) is 9.97 Å². The Hall–Kier alpha value is -1.22. The summed E-state index contributed by atoms with van der Waals surface area (Å²) in [5.41, 5.74) is 4.39. The molecule has 0 radical (unpaired) electrons. The Bertz CT molecular complexity index is 633. The van der Waals surface area contributed by atoms with Crippen molar-refractivity contribution in [1.82, 2.24) is 9.97 Å². The van der Waals surface area contributed by atoms with Crippen LogP contribution in [-0.4, -0.2) is 9.97 Å². The van der Waals surface area contributed by atoms with Gasteiger partial charge in [-0.3, -0.25) is 0 Å². The summed E-state index contributed by atoms with van der Waals surface area (Å²) >= 11 is 3.62. The molecular weight excluding hydrogens is 264 g/mol. The molecule has 78 valence electrons. The molecule has 0 saturated heterocycles. The molecule has 2 aliphatic rings. The highest BCUT2D eigenvalue weighted by Gasteiger charge is 2.39. The van der Waals surface area contributed by atoms with Crippen molar-refractivity contribution in [2.45, 2.75) is 18.3 Å². The lowest BCUT2D eigenvalue weighted by atomic mass is 10.1. The second-order valence-corrected chi connectivity index (χ2v) is 5.34. The first-order valence-electron chi connectivity index (χ1n) is 5.47. The monoisotopic (exact) mass is 272 g/mol. The molecule has 2 atom stereocenters. The predicted octanol–water partition coefficient (Wildman–Crippen LogP) is 3.49. The molecule has 16 heavy (non-hydrogen) atoms. The van der Waals surface area contributed by atoms with E-state index in [4.69, 9.17) is 9.97 Å². The van der Waals surface area contributed by atoms with Crippen LogP contribution in [0.5, 0.6) is 0 Å². The van der Waals surface area contributed by atoms with Crippen molar-refractivity contribution in [3.63, 3.8) is 0 Å². The molecule has 1 aromatic carbocycles. The van der Waals surface area contributed by atoms with Crippen molar-refractivity contribution in [3.8, 4) is 0 Å². The van der Waals surface area contributed by atoms with Gasteiger partial charge in [0.25, 0.3) is 0 Å². The van der Waals surface area contributed by atoms with Crippen LogP contribution in [0.15, 0.2) is 34.8 Å². The minimum atomic E-state index is 0.456. The zero-order valence-electron chi connectivity index (χ0n) is 8.52. The Morgan fingerprint density at radius 2 is 1.75 bits per heavy atom. The number of halogens is 1. The molecule has 0 fully saturated rings. The Labute approximate surface area is 102 Å². The third kappa shape index (κ3) is 1.02. The van der Waals surface area contributed by atoms with Gasteiger partial charge in [0, 0.05) is 16.3 Å². The average Bonchev–Trinajstić information content (AvgIpc) is 2.84. The van der Waals surface area contributed by atoms with Gasteiger partial charge in [0.05, 0.1) is 22.4 Å². The van der Waals surface area contributed by atoms with E-state index in [-0.39, 0.29) is 0 Å². The fraction of sp³-hybridized carbons (Fsp3) is 0.231. The summed E-state index contributed by atoms with van der Waals surface area (Å²) < 4.78 is 1.29. The van der Waals surface area contributed by atoms with Crippen molar-refractivity contribution < 1.29 is 0 Å². The van der Waals surface area contributed by atoms with E-state index in [2.05, 4.69) is 22.0 Å². The molecule has 4 rings (SSSR count). The number of hydrogen-bond donors (Lipinski definition) is 0. The summed E-state index contributed by atoms with van der Waals surface area (Å²) in [6.07, 6.45) is 3.42. The summed E-state index contributed by atoms with van der Waals surface area (Å²) in [6, 6.07) is 8.10. The number of nitrogens with zero attached hydrogens (tertiary/aromatic N) is 2. The Kier molecular flexibility index (Phi) is 1.62. The van der Waals surface area contributed by atoms with Crippen LogP contribution in [0.25, 0.3) is 11.0 Å². The van der Waals surface area contributed by atoms with E-state index in [0.717, 1.165) is 17.5 Å². The highest BCUT2D eigenvalue weighted by molar-refractivity contribution is 9.11. The van der Waals surface area contributed by atoms with Crippen LogP contribution in [0.4, 0.5) is 0 Å². The van der Waals surface area contributed by atoms with Crippen molar-refractivity contribution in [2.24, 2.45) is 0 Å². The van der Waals surface area contributed by atoms with Crippen LogP contribution >= 0.6 is 15.9 Å². The Balaban J connectivity index is 2.04. The van der Waals surface area contributed by atoms with E-state index in [1.807, 2.05) is 24.3 Å². The van der Waals surface area contributed by atoms with Crippen LogP contribution in [0.2, 0.25) is 0 Å². The van der Waals surface area contributed by atoms with Gasteiger partial charge >= 0.3 is 0 Å². The number of hydrogen-bond acceptors (Lipinski definition) is 2. The van der Waals surface area contributed by atoms with E-state index in [0.29, 0.717) is 11.8 Å². The SMILES string of the molecule is BrC1=C[C@@H]2C[C@H]1c1nc3ccccc3nc12. The Morgan fingerprint density at radius 1 is 1.06 bits per heavy atom. The molecule has 0 saturated carbocycles. The van der Waals surface area contributed by atoms with Gasteiger partial charge in [-0.2, -0.15) is 0 Å². The smallest absolute Gasteiger partial charge is 0.0890 e. The van der Waals surface area contributed by atoms with Crippen molar-refractivity contribution in [3.05, 3.63) is 46.2 Å². The molecule has 2 aliphatic carbocycles. The molecule has 0 aliphatic heterocycles. The van der Waals surface area contributed by atoms with Crippen molar-refractivity contribution >= 4 is 27.0 Å². The summed E-state index contributed by atoms with van der Waals surface area (Å²) in [5.74, 6) is 0.934. The molecule has 0 N–H and O–H groups in total. The van der Waals surface area contributed by atoms with Gasteiger partial charge in [-0.1, -0.05) is 34.1 Å². The lowest BCUT2D eigenvalue weighted by molar-refractivity contribution is 0.788. The van der Waals surface area contributed by atoms with Gasteiger partial charge in [0.15, 0.2) is 0 Å². The van der Waals surface area contributed by atoms with Gasteiger partial charge in [-0.05, 0) is 18.6 Å². The highest BCUT2D eigenvalue weighted by atomic mass is 79.9. The maximum Gasteiger partial charge on any atom is 0.0890 e. The molecule has 2 nitrogen and oxygen atoms in total. The van der Waals surface area contributed by atoms with E-state index in [9.17, 15) is 0 Å². The number of allylic oxidation sites excluding steroid dienone is 2. The third-order valence-electron chi connectivity index (χ3n) is 3.49. The Morgan fingerprint density at radius 3 is 2.50 bits per heavy atom. The zero-order chi connectivity index (χ0) is 10.7. The predicted molar refractivity (Wildman–Crippen MR) is 66.6 cm³/mol. The molecule has 2 bridgehead atoms. The fourth-order valence-corrected chi connectivity index (χ4v) is 3.46. The first kappa shape index (κ1) is 8.88. The van der Waals surface area contributed by atoms with E-state index in [1.54, 1.807) is 0 Å². The molecule has 0 unspecified atom stereocenters. The topological polar surface area (TPSA) is 25.8 Å². The number of fused-ring (bicyclic) bond motifs is 6. The first-order chi connectivity index (χ1) is 7.83. The minimum absolute atomic E-state index is 0.456. The summed E-state index contributed by atoms with van der Waals surface area (Å²) in [4.78, 5) is 9.50. The second-order valence-electron chi connectivity index (χ2n) is 4.43. The van der Waals surface area contributed by atoms with Gasteiger partial charge < -0.3 is 0 Å². The minimum Gasteiger partial charge on any atom is -0.249 e. The molecule has 0 spiro atoms. The summed E-state index contributed by atoms with van der Waals surface area (Å²) in [5, 5.41) is 0. The van der Waals surface area contributed by atoms with E-state index >= 15 is 0 Å². The van der Waals surface area contributed by atoms with Crippen molar-refractivity contribution in [2.75, 3.05) is 0 Å². The zero-order valence-corrected chi connectivity index (χ0v) is 10.1. The maximum atomic E-state index is 4.76. The number of rotatable bonds is 0. The third-order valence-corrected chi connectivity index (χ3v) is 4.31. The summed E-state index contributed by atoms with van der Waals surface area (Å²) in [6.45, 7) is 0. The van der Waals surface area contributed by atoms with Crippen LogP contribution in [0.1, 0.15) is 29.6 Å². The molecule has 1 heterocycles. The van der Waals surface area contributed by atoms with E-state index < -0.39 is 0 Å². The molecule has 2 aromatic rings. The van der Waals surface area contributed by atoms with Crippen LogP contribution in [0, 0.1) is 0 Å². The van der Waals surface area contributed by atoms with Gasteiger partial charge in [-0.15, -0.1) is 0 Å². The number of benzene rings is 1. The first-order valence-corrected chi connectivity index (χ1v) is 6.26. The van der Waals surface area contributed by atoms with E-state index in [1.165, 1.54) is 15.9 Å². The number of aromatic nitrogens is 2. The molecule has 1 aromatic heterocycles. The van der Waals surface area contributed by atoms with Crippen LogP contribution in [-0.2, 0) is 0 Å². The van der Waals surface area contributed by atoms with Gasteiger partial charge in [0.1, 0.15) is 0 Å². The molecule has 3 heteroatoms. The van der Waals surface area contributed by atoms with Crippen LogP contribution in [0.3, 0.4) is 0 Å². The fourth-order valence-electron chi connectivity index (χ4n) is 2.73. The van der Waals surface area contributed by atoms with Gasteiger partial charge in [0.2, 0.25) is 0 Å². The number of para-hydroxylation sites is 2. The van der Waals surface area contributed by atoms with Crippen molar-refractivity contribution in [1.29, 1.82) is 0 Å². The quantitative estimate of drug-likeness (QED) is 0.734. The second kappa shape index (κ2) is 2.92. The van der Waals surface area contributed by atoms with Crippen LogP contribution < -0.4 is 0 Å². The normalized spacial score (nSPS) is 25.9. The lowest BCUT2D eigenvalue weighted by Crippen LogP contribution is -2.02.